The third-order valence-corrected chi connectivity index (χ3v) is 2.25. The Hall–Kier alpha value is -1.60. The van der Waals surface area contributed by atoms with Gasteiger partial charge in [-0.05, 0) is 11.4 Å². The maximum Gasteiger partial charge on any atom is 0.301 e. The van der Waals surface area contributed by atoms with E-state index in [1.807, 2.05) is 23.6 Å². The predicted octanol–water partition coefficient (Wildman–Crippen LogP) is 2.27. The molecule has 12 heavy (non-hydrogen) atoms. The lowest BCUT2D eigenvalue weighted by Gasteiger charge is -1.84. The Labute approximate surface area is 72.9 Å². The summed E-state index contributed by atoms with van der Waals surface area (Å²) < 4.78 is 5.12. The first-order valence-corrected chi connectivity index (χ1v) is 4.18. The Morgan fingerprint density at radius 2 is 2.50 bits per heavy atom. The lowest BCUT2D eigenvalue weighted by Crippen LogP contribution is -1.64. The SMILES string of the molecule is N#Cc1ncc(-c2cccs2)o1. The van der Waals surface area contributed by atoms with Crippen LogP contribution in [-0.4, -0.2) is 4.98 Å². The van der Waals surface area contributed by atoms with Gasteiger partial charge in [-0.15, -0.1) is 11.3 Å². The van der Waals surface area contributed by atoms with Crippen LogP contribution in [0.15, 0.2) is 28.1 Å². The first kappa shape index (κ1) is 7.07. The Balaban J connectivity index is 2.44. The highest BCUT2D eigenvalue weighted by atomic mass is 32.1. The van der Waals surface area contributed by atoms with E-state index >= 15 is 0 Å². The summed E-state index contributed by atoms with van der Waals surface area (Å²) in [4.78, 5) is 4.76. The molecule has 0 bridgehead atoms. The number of oxazole rings is 1. The normalized spacial score (nSPS) is 9.58. The lowest BCUT2D eigenvalue weighted by molar-refractivity contribution is 0.556. The number of nitrogens with zero attached hydrogens (tertiary/aromatic N) is 2. The van der Waals surface area contributed by atoms with E-state index in [4.69, 9.17) is 9.68 Å². The fourth-order valence-corrected chi connectivity index (χ4v) is 1.53. The van der Waals surface area contributed by atoms with Crippen LogP contribution in [0.4, 0.5) is 0 Å². The van der Waals surface area contributed by atoms with Gasteiger partial charge in [-0.1, -0.05) is 6.07 Å². The minimum atomic E-state index is 0.110. The maximum atomic E-state index is 8.45. The molecule has 0 spiro atoms. The molecule has 0 aliphatic heterocycles. The van der Waals surface area contributed by atoms with Crippen LogP contribution in [-0.2, 0) is 0 Å². The molecule has 4 heteroatoms. The molecule has 0 saturated carbocycles. The van der Waals surface area contributed by atoms with Crippen molar-refractivity contribution in [3.63, 3.8) is 0 Å². The first-order chi connectivity index (χ1) is 5.90. The van der Waals surface area contributed by atoms with Gasteiger partial charge in [-0.25, -0.2) is 4.98 Å². The molecule has 0 N–H and O–H groups in total. The average molecular weight is 176 g/mol. The zero-order valence-corrected chi connectivity index (χ0v) is 6.84. The largest absolute Gasteiger partial charge is 0.428 e. The van der Waals surface area contributed by atoms with Crippen LogP contribution in [0.1, 0.15) is 5.89 Å². The van der Waals surface area contributed by atoms with Gasteiger partial charge in [0, 0.05) is 0 Å². The molecule has 0 amide bonds. The van der Waals surface area contributed by atoms with E-state index in [0.29, 0.717) is 5.76 Å². The molecule has 0 unspecified atom stereocenters. The van der Waals surface area contributed by atoms with Crippen molar-refractivity contribution in [3.05, 3.63) is 29.6 Å². The third-order valence-electron chi connectivity index (χ3n) is 1.37. The highest BCUT2D eigenvalue weighted by Gasteiger charge is 2.05. The molecule has 2 aromatic heterocycles. The van der Waals surface area contributed by atoms with Crippen molar-refractivity contribution >= 4 is 11.3 Å². The zero-order valence-electron chi connectivity index (χ0n) is 6.02. The maximum absolute atomic E-state index is 8.45. The van der Waals surface area contributed by atoms with Crippen LogP contribution in [0.2, 0.25) is 0 Å². The van der Waals surface area contributed by atoms with Crippen molar-refractivity contribution < 1.29 is 4.42 Å². The lowest BCUT2D eigenvalue weighted by atomic mass is 10.4. The van der Waals surface area contributed by atoms with Crippen molar-refractivity contribution in [2.45, 2.75) is 0 Å². The average Bonchev–Trinajstić information content (AvgIpc) is 2.75. The van der Waals surface area contributed by atoms with E-state index in [1.165, 1.54) is 0 Å². The smallest absolute Gasteiger partial charge is 0.301 e. The molecule has 0 radical (unpaired) electrons. The summed E-state index contributed by atoms with van der Waals surface area (Å²) in [6, 6.07) is 5.68. The predicted molar refractivity (Wildman–Crippen MR) is 44.5 cm³/mol. The van der Waals surface area contributed by atoms with Gasteiger partial charge < -0.3 is 4.42 Å². The Morgan fingerprint density at radius 1 is 1.58 bits per heavy atom. The molecular weight excluding hydrogens is 172 g/mol. The van der Waals surface area contributed by atoms with Crippen LogP contribution >= 0.6 is 11.3 Å². The van der Waals surface area contributed by atoms with Gasteiger partial charge in [0.1, 0.15) is 0 Å². The second-order valence-corrected chi connectivity index (χ2v) is 3.07. The van der Waals surface area contributed by atoms with Gasteiger partial charge in [-0.2, -0.15) is 5.26 Å². The molecule has 3 nitrogen and oxygen atoms in total. The molecule has 2 rings (SSSR count). The van der Waals surface area contributed by atoms with Crippen molar-refractivity contribution in [2.75, 3.05) is 0 Å². The molecule has 0 saturated heterocycles. The number of thiophene rings is 1. The van der Waals surface area contributed by atoms with Crippen LogP contribution in [0, 0.1) is 11.3 Å². The molecule has 0 atom stereocenters. The topological polar surface area (TPSA) is 49.8 Å². The van der Waals surface area contributed by atoms with Crippen LogP contribution in [0.3, 0.4) is 0 Å². The van der Waals surface area contributed by atoms with E-state index in [-0.39, 0.29) is 5.89 Å². The van der Waals surface area contributed by atoms with E-state index in [0.717, 1.165) is 4.88 Å². The van der Waals surface area contributed by atoms with Crippen LogP contribution < -0.4 is 0 Å². The molecule has 0 aromatic carbocycles. The zero-order chi connectivity index (χ0) is 8.39. The van der Waals surface area contributed by atoms with E-state index in [2.05, 4.69) is 4.98 Å². The summed E-state index contributed by atoms with van der Waals surface area (Å²) in [5, 5.41) is 10.4. The summed E-state index contributed by atoms with van der Waals surface area (Å²) in [7, 11) is 0. The summed E-state index contributed by atoms with van der Waals surface area (Å²) in [5.41, 5.74) is 0. The molecular formula is C8H4N2OS. The quantitative estimate of drug-likeness (QED) is 0.669. The third kappa shape index (κ3) is 1.11. The minimum Gasteiger partial charge on any atom is -0.428 e. The molecule has 2 aromatic rings. The fourth-order valence-electron chi connectivity index (χ4n) is 0.858. The van der Waals surface area contributed by atoms with Gasteiger partial charge in [0.15, 0.2) is 11.8 Å². The van der Waals surface area contributed by atoms with Crippen LogP contribution in [0.25, 0.3) is 10.6 Å². The van der Waals surface area contributed by atoms with Crippen molar-refractivity contribution in [2.24, 2.45) is 0 Å². The summed E-state index contributed by atoms with van der Waals surface area (Å²) in [6.45, 7) is 0. The Morgan fingerprint density at radius 3 is 3.08 bits per heavy atom. The molecule has 0 aliphatic rings. The number of nitriles is 1. The second kappa shape index (κ2) is 2.80. The van der Waals surface area contributed by atoms with Gasteiger partial charge >= 0.3 is 5.89 Å². The molecule has 0 fully saturated rings. The summed E-state index contributed by atoms with van der Waals surface area (Å²) in [6.07, 6.45) is 1.56. The molecule has 2 heterocycles. The van der Waals surface area contributed by atoms with Gasteiger partial charge in [0.25, 0.3) is 0 Å². The van der Waals surface area contributed by atoms with Gasteiger partial charge in [0.05, 0.1) is 11.1 Å². The Kier molecular flexibility index (Phi) is 1.65. The highest BCUT2D eigenvalue weighted by Crippen LogP contribution is 2.24. The van der Waals surface area contributed by atoms with Crippen molar-refractivity contribution in [1.82, 2.24) is 4.98 Å². The van der Waals surface area contributed by atoms with Gasteiger partial charge in [0.2, 0.25) is 0 Å². The molecule has 0 aliphatic carbocycles. The van der Waals surface area contributed by atoms with Crippen LogP contribution in [0.5, 0.6) is 0 Å². The first-order valence-electron chi connectivity index (χ1n) is 3.30. The van der Waals surface area contributed by atoms with Gasteiger partial charge in [-0.3, -0.25) is 0 Å². The number of rotatable bonds is 1. The standard InChI is InChI=1S/C8H4N2OS/c9-4-8-10-5-6(11-8)7-2-1-3-12-7/h1-3,5H. The second-order valence-electron chi connectivity index (χ2n) is 2.12. The van der Waals surface area contributed by atoms with E-state index < -0.39 is 0 Å². The minimum absolute atomic E-state index is 0.110. The van der Waals surface area contributed by atoms with E-state index in [1.54, 1.807) is 17.5 Å². The fraction of sp³-hybridized carbons (Fsp3) is 0. The van der Waals surface area contributed by atoms with E-state index in [9.17, 15) is 0 Å². The monoisotopic (exact) mass is 176 g/mol. The van der Waals surface area contributed by atoms with Crippen molar-refractivity contribution in [1.29, 1.82) is 5.26 Å². The number of hydrogen-bond acceptors (Lipinski definition) is 4. The number of hydrogen-bond donors (Lipinski definition) is 0. The summed E-state index contributed by atoms with van der Waals surface area (Å²) >= 11 is 1.56. The Bertz CT molecular complexity index is 410. The summed E-state index contributed by atoms with van der Waals surface area (Å²) in [5.74, 6) is 0.764. The number of aromatic nitrogens is 1. The highest BCUT2D eigenvalue weighted by molar-refractivity contribution is 7.13. The molecule has 58 valence electrons. The van der Waals surface area contributed by atoms with Crippen molar-refractivity contribution in [3.8, 4) is 16.7 Å².